The van der Waals surface area contributed by atoms with Gasteiger partial charge in [0.1, 0.15) is 0 Å². The molecule has 1 N–H and O–H groups in total. The first-order chi connectivity index (χ1) is 6.42. The van der Waals surface area contributed by atoms with E-state index in [1.165, 1.54) is 17.7 Å². The maximum Gasteiger partial charge on any atom is 0.0436 e. The second-order valence-corrected chi connectivity index (χ2v) is 3.58. The second-order valence-electron chi connectivity index (χ2n) is 3.58. The van der Waals surface area contributed by atoms with Crippen LogP contribution in [0.15, 0.2) is 18.3 Å². The van der Waals surface area contributed by atoms with Gasteiger partial charge in [0.15, 0.2) is 0 Å². The van der Waals surface area contributed by atoms with Crippen molar-refractivity contribution in [3.05, 3.63) is 29.6 Å². The zero-order valence-corrected chi connectivity index (χ0v) is 8.09. The Bertz CT molecular complexity index is 277. The van der Waals surface area contributed by atoms with Crippen molar-refractivity contribution in [3.63, 3.8) is 0 Å². The molecule has 1 aromatic rings. The van der Waals surface area contributed by atoms with Crippen molar-refractivity contribution in [1.29, 1.82) is 0 Å². The third-order valence-corrected chi connectivity index (χ3v) is 2.76. The molecule has 1 fully saturated rings. The Balaban J connectivity index is 2.26. The maximum absolute atomic E-state index is 4.41. The van der Waals surface area contributed by atoms with Crippen molar-refractivity contribution < 1.29 is 0 Å². The fourth-order valence-corrected chi connectivity index (χ4v) is 2.04. The van der Waals surface area contributed by atoms with Crippen LogP contribution in [0.25, 0.3) is 0 Å². The van der Waals surface area contributed by atoms with E-state index in [0.717, 1.165) is 19.5 Å². The first kappa shape index (κ1) is 8.70. The van der Waals surface area contributed by atoms with Crippen LogP contribution in [0, 0.1) is 0 Å². The molecule has 2 nitrogen and oxygen atoms in total. The molecule has 0 radical (unpaired) electrons. The molecule has 2 heterocycles. The van der Waals surface area contributed by atoms with Crippen molar-refractivity contribution in [1.82, 2.24) is 10.3 Å². The van der Waals surface area contributed by atoms with Crippen LogP contribution in [0.3, 0.4) is 0 Å². The summed E-state index contributed by atoms with van der Waals surface area (Å²) in [4.78, 5) is 4.41. The molecule has 0 unspecified atom stereocenters. The Labute approximate surface area is 79.4 Å². The van der Waals surface area contributed by atoms with E-state index in [1.54, 1.807) is 0 Å². The predicted octanol–water partition coefficient (Wildman–Crippen LogP) is 1.72. The molecule has 1 aliphatic heterocycles. The van der Waals surface area contributed by atoms with Gasteiger partial charge in [-0.2, -0.15) is 0 Å². The summed E-state index contributed by atoms with van der Waals surface area (Å²) in [6.07, 6.45) is 4.20. The average Bonchev–Trinajstić information content (AvgIpc) is 2.70. The van der Waals surface area contributed by atoms with Gasteiger partial charge in [0.05, 0.1) is 0 Å². The summed E-state index contributed by atoms with van der Waals surface area (Å²) in [5, 5.41) is 3.39. The number of aromatic nitrogens is 1. The van der Waals surface area contributed by atoms with Crippen LogP contribution >= 0.6 is 0 Å². The Hall–Kier alpha value is -0.890. The Morgan fingerprint density at radius 1 is 1.62 bits per heavy atom. The van der Waals surface area contributed by atoms with E-state index in [9.17, 15) is 0 Å². The molecule has 13 heavy (non-hydrogen) atoms. The third-order valence-electron chi connectivity index (χ3n) is 2.76. The smallest absolute Gasteiger partial charge is 0.0436 e. The molecule has 0 aliphatic carbocycles. The lowest BCUT2D eigenvalue weighted by atomic mass is 9.96. The predicted molar refractivity (Wildman–Crippen MR) is 53.8 cm³/mol. The highest BCUT2D eigenvalue weighted by atomic mass is 14.9. The number of pyridine rings is 1. The summed E-state index contributed by atoms with van der Waals surface area (Å²) in [6, 6.07) is 4.27. The van der Waals surface area contributed by atoms with Crippen molar-refractivity contribution in [2.45, 2.75) is 25.7 Å². The number of rotatable bonds is 2. The van der Waals surface area contributed by atoms with Crippen LogP contribution in [0.1, 0.15) is 30.5 Å². The van der Waals surface area contributed by atoms with E-state index >= 15 is 0 Å². The van der Waals surface area contributed by atoms with Gasteiger partial charge in [0.2, 0.25) is 0 Å². The first-order valence-electron chi connectivity index (χ1n) is 5.06. The standard InChI is InChI=1S/C11H16N2/c1-2-11-10(4-3-6-13-11)9-5-7-12-8-9/h3-4,6,9,12H,2,5,7-8H2,1H3/t9-/m0/s1. The van der Waals surface area contributed by atoms with Gasteiger partial charge in [-0.05, 0) is 36.9 Å². The largest absolute Gasteiger partial charge is 0.316 e. The minimum Gasteiger partial charge on any atom is -0.316 e. The van der Waals surface area contributed by atoms with Crippen LogP contribution in [0.2, 0.25) is 0 Å². The Morgan fingerprint density at radius 3 is 3.23 bits per heavy atom. The highest BCUT2D eigenvalue weighted by Crippen LogP contribution is 2.24. The van der Waals surface area contributed by atoms with E-state index in [0.29, 0.717) is 5.92 Å². The van der Waals surface area contributed by atoms with E-state index < -0.39 is 0 Å². The lowest BCUT2D eigenvalue weighted by Crippen LogP contribution is -2.09. The van der Waals surface area contributed by atoms with Gasteiger partial charge >= 0.3 is 0 Å². The lowest BCUT2D eigenvalue weighted by Gasteiger charge is -2.11. The van der Waals surface area contributed by atoms with Crippen molar-refractivity contribution in [2.75, 3.05) is 13.1 Å². The van der Waals surface area contributed by atoms with Crippen LogP contribution in [0.4, 0.5) is 0 Å². The molecule has 0 bridgehead atoms. The van der Waals surface area contributed by atoms with E-state index in [2.05, 4.69) is 23.3 Å². The monoisotopic (exact) mass is 176 g/mol. The quantitative estimate of drug-likeness (QED) is 0.742. The van der Waals surface area contributed by atoms with Gasteiger partial charge in [-0.25, -0.2) is 0 Å². The lowest BCUT2D eigenvalue weighted by molar-refractivity contribution is 0.742. The molecule has 2 rings (SSSR count). The van der Waals surface area contributed by atoms with Crippen molar-refractivity contribution in [3.8, 4) is 0 Å². The molecule has 0 spiro atoms. The van der Waals surface area contributed by atoms with Gasteiger partial charge < -0.3 is 5.32 Å². The summed E-state index contributed by atoms with van der Waals surface area (Å²) in [5.74, 6) is 0.698. The van der Waals surface area contributed by atoms with Gasteiger partial charge in [0, 0.05) is 18.4 Å². The highest BCUT2D eigenvalue weighted by molar-refractivity contribution is 5.25. The fourth-order valence-electron chi connectivity index (χ4n) is 2.04. The molecule has 0 aromatic carbocycles. The van der Waals surface area contributed by atoms with Crippen LogP contribution in [-0.4, -0.2) is 18.1 Å². The van der Waals surface area contributed by atoms with Gasteiger partial charge in [-0.15, -0.1) is 0 Å². The average molecular weight is 176 g/mol. The minimum absolute atomic E-state index is 0.698. The molecule has 2 heteroatoms. The molecule has 1 saturated heterocycles. The second kappa shape index (κ2) is 3.88. The summed E-state index contributed by atoms with van der Waals surface area (Å²) in [5.41, 5.74) is 2.73. The molecule has 0 amide bonds. The number of hydrogen-bond donors (Lipinski definition) is 1. The molecule has 1 aromatic heterocycles. The summed E-state index contributed by atoms with van der Waals surface area (Å²) < 4.78 is 0. The van der Waals surface area contributed by atoms with E-state index in [-0.39, 0.29) is 0 Å². The Kier molecular flexibility index (Phi) is 2.60. The molecule has 1 aliphatic rings. The molecule has 0 saturated carbocycles. The highest BCUT2D eigenvalue weighted by Gasteiger charge is 2.18. The van der Waals surface area contributed by atoms with Gasteiger partial charge in [-0.3, -0.25) is 4.98 Å². The van der Waals surface area contributed by atoms with E-state index in [1.807, 2.05) is 12.3 Å². The number of aryl methyl sites for hydroxylation is 1. The molecular weight excluding hydrogens is 160 g/mol. The normalized spacial score (nSPS) is 22.1. The van der Waals surface area contributed by atoms with Crippen molar-refractivity contribution in [2.24, 2.45) is 0 Å². The summed E-state index contributed by atoms with van der Waals surface area (Å²) >= 11 is 0. The van der Waals surface area contributed by atoms with Gasteiger partial charge in [0.25, 0.3) is 0 Å². The van der Waals surface area contributed by atoms with Crippen LogP contribution < -0.4 is 5.32 Å². The molecule has 1 atom stereocenters. The zero-order chi connectivity index (χ0) is 9.10. The summed E-state index contributed by atoms with van der Waals surface area (Å²) in [6.45, 7) is 4.45. The molecular formula is C11H16N2. The fraction of sp³-hybridized carbons (Fsp3) is 0.545. The SMILES string of the molecule is CCc1ncccc1[C@H]1CCNC1. The van der Waals surface area contributed by atoms with Crippen LogP contribution in [0.5, 0.6) is 0 Å². The van der Waals surface area contributed by atoms with Crippen molar-refractivity contribution >= 4 is 0 Å². The number of nitrogens with one attached hydrogen (secondary N) is 1. The minimum atomic E-state index is 0.698. The van der Waals surface area contributed by atoms with Gasteiger partial charge in [-0.1, -0.05) is 13.0 Å². The summed E-state index contributed by atoms with van der Waals surface area (Å²) in [7, 11) is 0. The Morgan fingerprint density at radius 2 is 2.54 bits per heavy atom. The van der Waals surface area contributed by atoms with Crippen LogP contribution in [-0.2, 0) is 6.42 Å². The maximum atomic E-state index is 4.41. The number of nitrogens with zero attached hydrogens (tertiary/aromatic N) is 1. The third kappa shape index (κ3) is 1.73. The first-order valence-corrected chi connectivity index (χ1v) is 5.06. The topological polar surface area (TPSA) is 24.9 Å². The number of hydrogen-bond acceptors (Lipinski definition) is 2. The zero-order valence-electron chi connectivity index (χ0n) is 8.09. The van der Waals surface area contributed by atoms with E-state index in [4.69, 9.17) is 0 Å². The molecule has 70 valence electrons.